The normalized spacial score (nSPS) is 15.7. The van der Waals surface area contributed by atoms with Crippen LogP contribution in [0.2, 0.25) is 0 Å². The second kappa shape index (κ2) is 11.9. The van der Waals surface area contributed by atoms with Crippen LogP contribution in [0.1, 0.15) is 22.8 Å². The van der Waals surface area contributed by atoms with Gasteiger partial charge in [-0.1, -0.05) is 24.3 Å². The van der Waals surface area contributed by atoms with Gasteiger partial charge in [-0.25, -0.2) is 9.37 Å². The molecule has 0 aliphatic carbocycles. The lowest BCUT2D eigenvalue weighted by Crippen LogP contribution is -2.40. The summed E-state index contributed by atoms with van der Waals surface area (Å²) in [5.41, 5.74) is 2.52. The number of benzene rings is 2. The number of halogens is 2. The zero-order valence-corrected chi connectivity index (χ0v) is 22.0. The minimum Gasteiger partial charge on any atom is -0.379 e. The molecular weight excluding hydrogens is 578 g/mol. The molecular formula is C25H28FIN6O3. The molecule has 2 aromatic carbocycles. The molecule has 0 saturated carbocycles. The highest BCUT2D eigenvalue weighted by Gasteiger charge is 2.21. The van der Waals surface area contributed by atoms with Crippen LogP contribution in [0.25, 0.3) is 0 Å². The lowest BCUT2D eigenvalue weighted by Gasteiger charge is -2.26. The summed E-state index contributed by atoms with van der Waals surface area (Å²) in [6.07, 6.45) is 1.97. The van der Waals surface area contributed by atoms with Crippen molar-refractivity contribution in [2.75, 3.05) is 43.5 Å². The number of para-hydroxylation sites is 1. The van der Waals surface area contributed by atoms with Gasteiger partial charge in [0.2, 0.25) is 5.95 Å². The first-order valence-electron chi connectivity index (χ1n) is 11.6. The molecule has 0 bridgehead atoms. The summed E-state index contributed by atoms with van der Waals surface area (Å²) < 4.78 is 18.5. The molecule has 1 aliphatic heterocycles. The number of aromatic nitrogens is 2. The number of anilines is 4. The van der Waals surface area contributed by atoms with Crippen LogP contribution in [-0.2, 0) is 11.2 Å². The molecule has 1 amide bonds. The molecule has 9 nitrogen and oxygen atoms in total. The number of aliphatic hydroxyl groups is 1. The predicted molar refractivity (Wildman–Crippen MR) is 145 cm³/mol. The molecule has 1 atom stereocenters. The maximum Gasteiger partial charge on any atom is 0.256 e. The van der Waals surface area contributed by atoms with Crippen molar-refractivity contribution in [3.63, 3.8) is 0 Å². The molecule has 11 heteroatoms. The van der Waals surface area contributed by atoms with E-state index in [1.165, 1.54) is 6.92 Å². The van der Waals surface area contributed by atoms with Gasteiger partial charge < -0.3 is 25.8 Å². The number of rotatable bonds is 9. The van der Waals surface area contributed by atoms with Gasteiger partial charge in [0.15, 0.2) is 15.4 Å². The summed E-state index contributed by atoms with van der Waals surface area (Å²) in [7, 11) is 0. The molecule has 1 aromatic heterocycles. The first-order valence-corrected chi connectivity index (χ1v) is 12.6. The summed E-state index contributed by atoms with van der Waals surface area (Å²) in [5.74, 6) is -1.06. The highest BCUT2D eigenvalue weighted by Crippen LogP contribution is 2.24. The molecule has 0 spiro atoms. The van der Waals surface area contributed by atoms with Crippen molar-refractivity contribution in [1.82, 2.24) is 20.2 Å². The summed E-state index contributed by atoms with van der Waals surface area (Å²) in [6.45, 7) is 5.83. The van der Waals surface area contributed by atoms with Gasteiger partial charge >= 0.3 is 0 Å². The zero-order valence-electron chi connectivity index (χ0n) is 19.8. The van der Waals surface area contributed by atoms with Gasteiger partial charge in [0.1, 0.15) is 0 Å². The van der Waals surface area contributed by atoms with E-state index in [0.717, 1.165) is 56.7 Å². The molecule has 190 valence electrons. The molecule has 1 unspecified atom stereocenters. The maximum absolute atomic E-state index is 14.6. The number of hydrogen-bond donors (Lipinski definition) is 4. The second-order valence-corrected chi connectivity index (χ2v) is 10.6. The third-order valence-corrected chi connectivity index (χ3v) is 5.78. The number of nitrogens with zero attached hydrogens (tertiary/aromatic N) is 3. The van der Waals surface area contributed by atoms with E-state index in [-0.39, 0.29) is 17.3 Å². The largest absolute Gasteiger partial charge is 0.379 e. The topological polar surface area (TPSA) is 112 Å². The van der Waals surface area contributed by atoms with Crippen LogP contribution in [0.15, 0.2) is 54.7 Å². The van der Waals surface area contributed by atoms with Crippen molar-refractivity contribution < 1.29 is 19.0 Å². The van der Waals surface area contributed by atoms with Crippen LogP contribution in [0, 0.1) is 5.82 Å². The Morgan fingerprint density at radius 3 is 2.75 bits per heavy atom. The van der Waals surface area contributed by atoms with Gasteiger partial charge in [0, 0.05) is 25.3 Å². The Kier molecular flexibility index (Phi) is 8.67. The van der Waals surface area contributed by atoms with Crippen LogP contribution in [0.4, 0.5) is 27.5 Å². The average Bonchev–Trinajstić information content (AvgIpc) is 2.85. The Morgan fingerprint density at radius 2 is 1.97 bits per heavy atom. The predicted octanol–water partition coefficient (Wildman–Crippen LogP) is 3.81. The van der Waals surface area contributed by atoms with Gasteiger partial charge in [-0.3, -0.25) is 9.69 Å². The zero-order chi connectivity index (χ0) is 25.5. The first kappa shape index (κ1) is 26.2. The molecule has 3 aromatic rings. The number of alkyl halides is 1. The van der Waals surface area contributed by atoms with Crippen molar-refractivity contribution >= 4 is 51.6 Å². The first-order chi connectivity index (χ1) is 17.3. The van der Waals surface area contributed by atoms with E-state index in [4.69, 9.17) is 4.74 Å². The average molecular weight is 606 g/mol. The summed E-state index contributed by atoms with van der Waals surface area (Å²) in [6, 6.07) is 14.5. The quantitative estimate of drug-likeness (QED) is 0.126. The number of hydrogen-bond acceptors (Lipinski definition) is 8. The van der Waals surface area contributed by atoms with Gasteiger partial charge in [0.05, 0.1) is 30.7 Å². The summed E-state index contributed by atoms with van der Waals surface area (Å²) in [4.78, 5) is 23.3. The van der Waals surface area contributed by atoms with Crippen molar-refractivity contribution in [3.05, 3.63) is 71.7 Å². The van der Waals surface area contributed by atoms with Gasteiger partial charge in [-0.15, -0.1) is 0 Å². The van der Waals surface area contributed by atoms with Crippen LogP contribution < -0.4 is 16.0 Å². The maximum atomic E-state index is 14.6. The smallest absolute Gasteiger partial charge is 0.256 e. The van der Waals surface area contributed by atoms with E-state index in [2.05, 4.69) is 36.9 Å². The molecule has 4 rings (SSSR count). The monoisotopic (exact) mass is 606 g/mol. The van der Waals surface area contributed by atoms with E-state index in [9.17, 15) is 14.3 Å². The van der Waals surface area contributed by atoms with Crippen molar-refractivity contribution in [1.29, 1.82) is 0 Å². The SMILES string of the molecule is CC(O)(I)NC(=O)c1ccccc1Nc1nc(Nc2cccc(CCN3CCOCC3)c2)ncc1F. The van der Waals surface area contributed by atoms with E-state index >= 15 is 0 Å². The Balaban J connectivity index is 1.46. The number of nitrogens with one attached hydrogen (secondary N) is 3. The highest BCUT2D eigenvalue weighted by molar-refractivity contribution is 14.1. The van der Waals surface area contributed by atoms with Gasteiger partial charge in [-0.05, 0) is 65.8 Å². The van der Waals surface area contributed by atoms with Gasteiger partial charge in [-0.2, -0.15) is 4.98 Å². The fourth-order valence-corrected chi connectivity index (χ4v) is 4.00. The number of ether oxygens (including phenoxy) is 1. The molecule has 1 saturated heterocycles. The third kappa shape index (κ3) is 7.56. The van der Waals surface area contributed by atoms with Crippen LogP contribution in [-0.4, -0.2) is 62.5 Å². The molecule has 1 fully saturated rings. The van der Waals surface area contributed by atoms with Crippen molar-refractivity contribution in [3.8, 4) is 0 Å². The van der Waals surface area contributed by atoms with E-state index in [0.29, 0.717) is 5.69 Å². The van der Waals surface area contributed by atoms with E-state index < -0.39 is 15.5 Å². The van der Waals surface area contributed by atoms with E-state index in [1.807, 2.05) is 18.2 Å². The molecule has 2 heterocycles. The Labute approximate surface area is 222 Å². The number of morpholine rings is 1. The Bertz CT molecular complexity index is 1200. The second-order valence-electron chi connectivity index (χ2n) is 8.50. The highest BCUT2D eigenvalue weighted by atomic mass is 127. The molecule has 4 N–H and O–H groups in total. The number of carbonyl (C=O) groups excluding carboxylic acids is 1. The Hall–Kier alpha value is -2.87. The van der Waals surface area contributed by atoms with Crippen LogP contribution >= 0.6 is 22.6 Å². The Morgan fingerprint density at radius 1 is 1.19 bits per heavy atom. The fourth-order valence-electron chi connectivity index (χ4n) is 3.75. The van der Waals surface area contributed by atoms with Crippen LogP contribution in [0.5, 0.6) is 0 Å². The van der Waals surface area contributed by atoms with Crippen molar-refractivity contribution in [2.24, 2.45) is 0 Å². The van der Waals surface area contributed by atoms with Gasteiger partial charge in [0.25, 0.3) is 5.91 Å². The molecule has 1 aliphatic rings. The standard InChI is InChI=1S/C25H28FIN6O3/c1-25(27,35)32-23(34)19-7-2-3-8-21(19)30-22-20(26)16-28-24(31-22)29-18-6-4-5-17(15-18)9-10-33-11-13-36-14-12-33/h2-8,15-16,35H,9-14H2,1H3,(H,32,34)(H2,28,29,30,31). The lowest BCUT2D eigenvalue weighted by molar-refractivity contribution is 0.0384. The van der Waals surface area contributed by atoms with Crippen LogP contribution in [0.3, 0.4) is 0 Å². The molecule has 36 heavy (non-hydrogen) atoms. The summed E-state index contributed by atoms with van der Waals surface area (Å²) in [5, 5.41) is 18.4. The fraction of sp³-hybridized carbons (Fsp3) is 0.320. The lowest BCUT2D eigenvalue weighted by atomic mass is 10.1. The molecule has 0 radical (unpaired) electrons. The van der Waals surface area contributed by atoms with E-state index in [1.54, 1.807) is 46.9 Å². The minimum atomic E-state index is -1.43. The number of carbonyl (C=O) groups is 1. The number of amides is 1. The third-order valence-electron chi connectivity index (χ3n) is 5.51. The minimum absolute atomic E-state index is 0.0857. The summed E-state index contributed by atoms with van der Waals surface area (Å²) >= 11 is 1.70. The van der Waals surface area contributed by atoms with Crippen molar-refractivity contribution in [2.45, 2.75) is 17.1 Å².